The van der Waals surface area contributed by atoms with Gasteiger partial charge in [-0.05, 0) is 32.1 Å². The maximum atomic E-state index is 12.2. The van der Waals surface area contributed by atoms with E-state index in [1.807, 2.05) is 11.8 Å². The maximum absolute atomic E-state index is 12.2. The van der Waals surface area contributed by atoms with Gasteiger partial charge >= 0.3 is 5.97 Å². The standard InChI is InChI=1S/C14H21N3O3/c1-2-16-9-7-15-13(14(16)20)17-8-3-4-11(10-17)5-6-12(18)19/h7,9,11H,2-6,8,10H2,1H3,(H,18,19). The highest BCUT2D eigenvalue weighted by atomic mass is 16.4. The third-order valence-electron chi connectivity index (χ3n) is 3.82. The number of aromatic nitrogens is 2. The zero-order chi connectivity index (χ0) is 14.5. The van der Waals surface area contributed by atoms with Crippen LogP contribution in [-0.2, 0) is 11.3 Å². The average Bonchev–Trinajstić information content (AvgIpc) is 2.45. The summed E-state index contributed by atoms with van der Waals surface area (Å²) in [5, 5.41) is 8.76. The van der Waals surface area contributed by atoms with Gasteiger partial charge in [0.25, 0.3) is 5.56 Å². The molecule has 1 fully saturated rings. The number of carboxylic acid groups (broad SMARTS) is 1. The highest BCUT2D eigenvalue weighted by Crippen LogP contribution is 2.23. The number of rotatable bonds is 5. The van der Waals surface area contributed by atoms with Crippen LogP contribution < -0.4 is 10.5 Å². The first-order valence-corrected chi connectivity index (χ1v) is 7.14. The number of piperidine rings is 1. The number of carboxylic acids is 1. The fraction of sp³-hybridized carbons (Fsp3) is 0.643. The number of aryl methyl sites for hydroxylation is 1. The number of hydrogen-bond donors (Lipinski definition) is 1. The first kappa shape index (κ1) is 14.6. The molecule has 0 bridgehead atoms. The summed E-state index contributed by atoms with van der Waals surface area (Å²) in [5.41, 5.74) is -0.0612. The summed E-state index contributed by atoms with van der Waals surface area (Å²) in [7, 11) is 0. The Balaban J connectivity index is 2.09. The number of nitrogens with zero attached hydrogens (tertiary/aromatic N) is 3. The Kier molecular flexibility index (Phi) is 4.76. The molecule has 0 spiro atoms. The van der Waals surface area contributed by atoms with Crippen molar-refractivity contribution in [3.63, 3.8) is 0 Å². The van der Waals surface area contributed by atoms with Gasteiger partial charge < -0.3 is 14.6 Å². The highest BCUT2D eigenvalue weighted by Gasteiger charge is 2.23. The van der Waals surface area contributed by atoms with E-state index < -0.39 is 5.97 Å². The topological polar surface area (TPSA) is 75.4 Å². The summed E-state index contributed by atoms with van der Waals surface area (Å²) >= 11 is 0. The molecule has 1 aliphatic rings. The summed E-state index contributed by atoms with van der Waals surface area (Å²) in [4.78, 5) is 29.1. The maximum Gasteiger partial charge on any atom is 0.303 e. The second-order valence-corrected chi connectivity index (χ2v) is 5.23. The van der Waals surface area contributed by atoms with Crippen molar-refractivity contribution in [3.8, 4) is 0 Å². The molecule has 1 N–H and O–H groups in total. The summed E-state index contributed by atoms with van der Waals surface area (Å²) in [6, 6.07) is 0. The van der Waals surface area contributed by atoms with Gasteiger partial charge in [-0.2, -0.15) is 0 Å². The van der Waals surface area contributed by atoms with Gasteiger partial charge in [0.05, 0.1) is 0 Å². The lowest BCUT2D eigenvalue weighted by atomic mass is 9.93. The third-order valence-corrected chi connectivity index (χ3v) is 3.82. The van der Waals surface area contributed by atoms with E-state index in [9.17, 15) is 9.59 Å². The van der Waals surface area contributed by atoms with E-state index in [1.165, 1.54) is 0 Å². The molecular weight excluding hydrogens is 258 g/mol. The van der Waals surface area contributed by atoms with Crippen LogP contribution in [-0.4, -0.2) is 33.7 Å². The van der Waals surface area contributed by atoms with E-state index in [0.717, 1.165) is 25.9 Å². The molecule has 1 unspecified atom stereocenters. The van der Waals surface area contributed by atoms with Crippen LogP contribution in [0.1, 0.15) is 32.6 Å². The van der Waals surface area contributed by atoms with Crippen LogP contribution in [0.2, 0.25) is 0 Å². The molecule has 2 rings (SSSR count). The Morgan fingerprint density at radius 1 is 1.55 bits per heavy atom. The van der Waals surface area contributed by atoms with Gasteiger partial charge in [-0.15, -0.1) is 0 Å². The monoisotopic (exact) mass is 279 g/mol. The van der Waals surface area contributed by atoms with Crippen LogP contribution in [0.5, 0.6) is 0 Å². The summed E-state index contributed by atoms with van der Waals surface area (Å²) in [5.74, 6) is 0.0685. The molecule has 2 heterocycles. The summed E-state index contributed by atoms with van der Waals surface area (Å²) in [6.07, 6.45) is 6.21. The van der Waals surface area contributed by atoms with Crippen molar-refractivity contribution in [3.05, 3.63) is 22.7 Å². The molecule has 110 valence electrons. The molecule has 1 aromatic rings. The number of carbonyl (C=O) groups is 1. The van der Waals surface area contributed by atoms with E-state index in [1.54, 1.807) is 17.0 Å². The fourth-order valence-electron chi connectivity index (χ4n) is 2.72. The van der Waals surface area contributed by atoms with Crippen LogP contribution in [0, 0.1) is 5.92 Å². The van der Waals surface area contributed by atoms with Crippen LogP contribution in [0.3, 0.4) is 0 Å². The normalized spacial score (nSPS) is 19.1. The second-order valence-electron chi connectivity index (χ2n) is 5.23. The van der Waals surface area contributed by atoms with E-state index in [4.69, 9.17) is 5.11 Å². The molecule has 1 atom stereocenters. The van der Waals surface area contributed by atoms with Crippen molar-refractivity contribution in [2.75, 3.05) is 18.0 Å². The zero-order valence-corrected chi connectivity index (χ0v) is 11.8. The van der Waals surface area contributed by atoms with Crippen LogP contribution in [0.15, 0.2) is 17.2 Å². The molecule has 1 aromatic heterocycles. The van der Waals surface area contributed by atoms with Crippen LogP contribution >= 0.6 is 0 Å². The van der Waals surface area contributed by atoms with Gasteiger partial charge in [0, 0.05) is 38.4 Å². The van der Waals surface area contributed by atoms with Gasteiger partial charge in [-0.25, -0.2) is 4.98 Å². The molecule has 0 amide bonds. The molecule has 20 heavy (non-hydrogen) atoms. The number of hydrogen-bond acceptors (Lipinski definition) is 4. The van der Waals surface area contributed by atoms with Gasteiger partial charge in [-0.1, -0.05) is 0 Å². The lowest BCUT2D eigenvalue weighted by molar-refractivity contribution is -0.137. The predicted octanol–water partition coefficient (Wildman–Crippen LogP) is 1.34. The lowest BCUT2D eigenvalue weighted by Gasteiger charge is -2.33. The van der Waals surface area contributed by atoms with E-state index in [2.05, 4.69) is 4.98 Å². The summed E-state index contributed by atoms with van der Waals surface area (Å²) < 4.78 is 1.64. The highest BCUT2D eigenvalue weighted by molar-refractivity contribution is 5.66. The van der Waals surface area contributed by atoms with E-state index in [0.29, 0.717) is 24.7 Å². The van der Waals surface area contributed by atoms with Crippen molar-refractivity contribution in [1.82, 2.24) is 9.55 Å². The van der Waals surface area contributed by atoms with Crippen molar-refractivity contribution in [2.24, 2.45) is 5.92 Å². The van der Waals surface area contributed by atoms with E-state index in [-0.39, 0.29) is 12.0 Å². The molecule has 1 saturated heterocycles. The Morgan fingerprint density at radius 2 is 2.35 bits per heavy atom. The largest absolute Gasteiger partial charge is 0.481 e. The van der Waals surface area contributed by atoms with Crippen molar-refractivity contribution < 1.29 is 9.90 Å². The Bertz CT molecular complexity index is 527. The first-order chi connectivity index (χ1) is 9.61. The van der Waals surface area contributed by atoms with Gasteiger partial charge in [0.15, 0.2) is 5.82 Å². The second kappa shape index (κ2) is 6.54. The average molecular weight is 279 g/mol. The first-order valence-electron chi connectivity index (χ1n) is 7.14. The molecular formula is C14H21N3O3. The minimum atomic E-state index is -0.756. The Labute approximate surface area is 118 Å². The molecule has 0 aliphatic carbocycles. The molecule has 0 saturated carbocycles. The summed E-state index contributed by atoms with van der Waals surface area (Å²) in [6.45, 7) is 4.10. The van der Waals surface area contributed by atoms with E-state index >= 15 is 0 Å². The minimum Gasteiger partial charge on any atom is -0.481 e. The number of anilines is 1. The smallest absolute Gasteiger partial charge is 0.303 e. The molecule has 1 aliphatic heterocycles. The van der Waals surface area contributed by atoms with Crippen LogP contribution in [0.25, 0.3) is 0 Å². The zero-order valence-electron chi connectivity index (χ0n) is 11.8. The van der Waals surface area contributed by atoms with Gasteiger partial charge in [-0.3, -0.25) is 9.59 Å². The van der Waals surface area contributed by atoms with Crippen molar-refractivity contribution >= 4 is 11.8 Å². The van der Waals surface area contributed by atoms with Crippen molar-refractivity contribution in [2.45, 2.75) is 39.2 Å². The number of aliphatic carboxylic acids is 1. The third kappa shape index (κ3) is 3.37. The molecule has 6 nitrogen and oxygen atoms in total. The predicted molar refractivity (Wildman–Crippen MR) is 76.0 cm³/mol. The van der Waals surface area contributed by atoms with Gasteiger partial charge in [0.2, 0.25) is 0 Å². The van der Waals surface area contributed by atoms with Gasteiger partial charge in [0.1, 0.15) is 0 Å². The Morgan fingerprint density at radius 3 is 3.05 bits per heavy atom. The minimum absolute atomic E-state index is 0.0612. The fourth-order valence-corrected chi connectivity index (χ4v) is 2.72. The molecule has 6 heteroatoms. The Hall–Kier alpha value is -1.85. The lowest BCUT2D eigenvalue weighted by Crippen LogP contribution is -2.40. The molecule has 0 radical (unpaired) electrons. The molecule has 0 aromatic carbocycles. The quantitative estimate of drug-likeness (QED) is 0.880. The van der Waals surface area contributed by atoms with Crippen LogP contribution in [0.4, 0.5) is 5.82 Å². The SMILES string of the molecule is CCn1ccnc(N2CCCC(CCC(=O)O)C2)c1=O. The van der Waals surface area contributed by atoms with Crippen molar-refractivity contribution in [1.29, 1.82) is 0 Å².